The van der Waals surface area contributed by atoms with E-state index in [4.69, 9.17) is 11.6 Å². The van der Waals surface area contributed by atoms with Crippen molar-refractivity contribution < 1.29 is 9.18 Å². The van der Waals surface area contributed by atoms with Crippen LogP contribution in [0.25, 0.3) is 0 Å². The lowest BCUT2D eigenvalue weighted by Crippen LogP contribution is -2.31. The summed E-state index contributed by atoms with van der Waals surface area (Å²) >= 11 is 5.91. The topological polar surface area (TPSA) is 53.2 Å². The third kappa shape index (κ3) is 2.88. The lowest BCUT2D eigenvalue weighted by Gasteiger charge is -2.18. The number of H-pyrrole nitrogens is 1. The number of aromatic nitrogens is 1. The van der Waals surface area contributed by atoms with Crippen molar-refractivity contribution in [2.24, 2.45) is 0 Å². The molecule has 4 nitrogen and oxygen atoms in total. The first-order valence-electron chi connectivity index (χ1n) is 5.86. The van der Waals surface area contributed by atoms with Crippen LogP contribution in [0.5, 0.6) is 0 Å². The molecule has 6 heteroatoms. The molecular formula is C14H12ClFN2O2. The number of nitrogens with zero attached hydrogens (tertiary/aromatic N) is 1. The molecule has 0 fully saturated rings. The first-order valence-corrected chi connectivity index (χ1v) is 6.24. The molecule has 1 aromatic heterocycles. The number of halogens is 2. The van der Waals surface area contributed by atoms with Gasteiger partial charge in [0.15, 0.2) is 0 Å². The molecule has 20 heavy (non-hydrogen) atoms. The summed E-state index contributed by atoms with van der Waals surface area (Å²) in [5, 5.41) is 0.242. The SMILES string of the molecule is CN(Cc1c(F)cccc1Cl)C(=O)c1ccc[nH]c1=O. The third-order valence-electron chi connectivity index (χ3n) is 2.85. The highest BCUT2D eigenvalue weighted by Gasteiger charge is 2.17. The van der Waals surface area contributed by atoms with Gasteiger partial charge >= 0.3 is 0 Å². The van der Waals surface area contributed by atoms with Crippen LogP contribution in [0.3, 0.4) is 0 Å². The van der Waals surface area contributed by atoms with Gasteiger partial charge in [-0.25, -0.2) is 4.39 Å². The monoisotopic (exact) mass is 294 g/mol. The molecule has 2 aromatic rings. The molecule has 2 rings (SSSR count). The maximum Gasteiger partial charge on any atom is 0.260 e. The number of hydrogen-bond acceptors (Lipinski definition) is 2. The van der Waals surface area contributed by atoms with E-state index in [0.29, 0.717) is 0 Å². The maximum absolute atomic E-state index is 13.7. The van der Waals surface area contributed by atoms with Gasteiger partial charge in [-0.3, -0.25) is 9.59 Å². The Morgan fingerprint density at radius 3 is 2.75 bits per heavy atom. The minimum Gasteiger partial charge on any atom is -0.337 e. The summed E-state index contributed by atoms with van der Waals surface area (Å²) in [7, 11) is 1.48. The standard InChI is InChI=1S/C14H12ClFN2O2/c1-18(8-10-11(15)5-2-6-12(10)16)14(20)9-4-3-7-17-13(9)19/h2-7H,8H2,1H3,(H,17,19). The van der Waals surface area contributed by atoms with E-state index in [1.165, 1.54) is 36.3 Å². The number of carbonyl (C=O) groups is 1. The van der Waals surface area contributed by atoms with E-state index >= 15 is 0 Å². The summed E-state index contributed by atoms with van der Waals surface area (Å²) in [4.78, 5) is 27.3. The second-order valence-electron chi connectivity index (χ2n) is 4.27. The second-order valence-corrected chi connectivity index (χ2v) is 4.68. The molecule has 1 N–H and O–H groups in total. The second kappa shape index (κ2) is 5.88. The number of amides is 1. The maximum atomic E-state index is 13.7. The molecule has 0 radical (unpaired) electrons. The van der Waals surface area contributed by atoms with Crippen LogP contribution in [0.4, 0.5) is 4.39 Å². The van der Waals surface area contributed by atoms with Gasteiger partial charge in [0.05, 0.1) is 0 Å². The fourth-order valence-electron chi connectivity index (χ4n) is 1.79. The lowest BCUT2D eigenvalue weighted by molar-refractivity contribution is 0.0782. The van der Waals surface area contributed by atoms with E-state index in [9.17, 15) is 14.0 Å². The van der Waals surface area contributed by atoms with Crippen molar-refractivity contribution in [2.75, 3.05) is 7.05 Å². The Labute approximate surface area is 119 Å². The molecule has 0 spiro atoms. The van der Waals surface area contributed by atoms with Crippen LogP contribution in [-0.4, -0.2) is 22.8 Å². The first-order chi connectivity index (χ1) is 9.50. The molecule has 0 aliphatic carbocycles. The van der Waals surface area contributed by atoms with Crippen LogP contribution in [0, 0.1) is 5.82 Å². The zero-order valence-corrected chi connectivity index (χ0v) is 11.4. The summed E-state index contributed by atoms with van der Waals surface area (Å²) in [5.41, 5.74) is -0.260. The van der Waals surface area contributed by atoms with E-state index < -0.39 is 17.3 Å². The minimum absolute atomic E-state index is 0.00228. The van der Waals surface area contributed by atoms with Gasteiger partial charge in [-0.1, -0.05) is 17.7 Å². The van der Waals surface area contributed by atoms with Crippen molar-refractivity contribution >= 4 is 17.5 Å². The zero-order valence-electron chi connectivity index (χ0n) is 10.7. The quantitative estimate of drug-likeness (QED) is 0.945. The van der Waals surface area contributed by atoms with E-state index in [1.807, 2.05) is 0 Å². The lowest BCUT2D eigenvalue weighted by atomic mass is 10.2. The smallest absolute Gasteiger partial charge is 0.260 e. The van der Waals surface area contributed by atoms with Gasteiger partial charge in [0.1, 0.15) is 11.4 Å². The van der Waals surface area contributed by atoms with Crippen LogP contribution in [-0.2, 0) is 6.54 Å². The first kappa shape index (κ1) is 14.3. The summed E-state index contributed by atoms with van der Waals surface area (Å²) in [6.07, 6.45) is 1.44. The van der Waals surface area contributed by atoms with E-state index in [2.05, 4.69) is 4.98 Å². The highest BCUT2D eigenvalue weighted by Crippen LogP contribution is 2.20. The van der Waals surface area contributed by atoms with Gasteiger partial charge in [0.25, 0.3) is 11.5 Å². The Kier molecular flexibility index (Phi) is 4.20. The summed E-state index contributed by atoms with van der Waals surface area (Å²) < 4.78 is 13.7. The minimum atomic E-state index is -0.494. The molecule has 1 heterocycles. The molecule has 0 aliphatic rings. The number of pyridine rings is 1. The Bertz CT molecular complexity index is 679. The van der Waals surface area contributed by atoms with Gasteiger partial charge in [-0.15, -0.1) is 0 Å². The van der Waals surface area contributed by atoms with Gasteiger partial charge in [-0.05, 0) is 24.3 Å². The average molecular weight is 295 g/mol. The normalized spacial score (nSPS) is 10.3. The highest BCUT2D eigenvalue weighted by molar-refractivity contribution is 6.31. The van der Waals surface area contributed by atoms with E-state index in [0.717, 1.165) is 0 Å². The summed E-state index contributed by atoms with van der Waals surface area (Å²) in [6, 6.07) is 7.28. The van der Waals surface area contributed by atoms with E-state index in [1.54, 1.807) is 12.1 Å². The third-order valence-corrected chi connectivity index (χ3v) is 3.21. The van der Waals surface area contributed by atoms with E-state index in [-0.39, 0.29) is 22.7 Å². The Balaban J connectivity index is 2.25. The fraction of sp³-hybridized carbons (Fsp3) is 0.143. The van der Waals surface area contributed by atoms with Crippen molar-refractivity contribution in [1.29, 1.82) is 0 Å². The van der Waals surface area contributed by atoms with Gasteiger partial charge in [0.2, 0.25) is 0 Å². The summed E-state index contributed by atoms with van der Waals surface area (Å²) in [5.74, 6) is -0.981. The number of rotatable bonds is 3. The largest absolute Gasteiger partial charge is 0.337 e. The molecule has 1 aromatic carbocycles. The van der Waals surface area contributed by atoms with Crippen LogP contribution >= 0.6 is 11.6 Å². The molecule has 1 amide bonds. The summed E-state index contributed by atoms with van der Waals surface area (Å²) in [6.45, 7) is -0.0152. The molecule has 0 aliphatic heterocycles. The molecule has 0 atom stereocenters. The number of carbonyl (C=O) groups excluding carboxylic acids is 1. The Hall–Kier alpha value is -2.14. The molecular weight excluding hydrogens is 283 g/mol. The molecule has 0 bridgehead atoms. The van der Waals surface area contributed by atoms with Crippen molar-refractivity contribution in [3.05, 3.63) is 68.8 Å². The predicted molar refractivity (Wildman–Crippen MR) is 74.3 cm³/mol. The molecule has 0 saturated carbocycles. The average Bonchev–Trinajstić information content (AvgIpc) is 2.42. The zero-order chi connectivity index (χ0) is 14.7. The van der Waals surface area contributed by atoms with Crippen LogP contribution in [0.1, 0.15) is 15.9 Å². The molecule has 0 saturated heterocycles. The van der Waals surface area contributed by atoms with Crippen molar-refractivity contribution in [3.8, 4) is 0 Å². The number of benzene rings is 1. The molecule has 104 valence electrons. The van der Waals surface area contributed by atoms with Gasteiger partial charge in [0, 0.05) is 30.4 Å². The number of aromatic amines is 1. The fourth-order valence-corrected chi connectivity index (χ4v) is 2.01. The van der Waals surface area contributed by atoms with Crippen LogP contribution in [0.2, 0.25) is 5.02 Å². The highest BCUT2D eigenvalue weighted by atomic mass is 35.5. The van der Waals surface area contributed by atoms with Crippen molar-refractivity contribution in [3.63, 3.8) is 0 Å². The van der Waals surface area contributed by atoms with Gasteiger partial charge in [-0.2, -0.15) is 0 Å². The Morgan fingerprint density at radius 2 is 2.10 bits per heavy atom. The molecule has 0 unspecified atom stereocenters. The number of nitrogens with one attached hydrogen (secondary N) is 1. The van der Waals surface area contributed by atoms with Crippen LogP contribution in [0.15, 0.2) is 41.3 Å². The Morgan fingerprint density at radius 1 is 1.35 bits per heavy atom. The van der Waals surface area contributed by atoms with Crippen molar-refractivity contribution in [2.45, 2.75) is 6.54 Å². The predicted octanol–water partition coefficient (Wildman–Crippen LogP) is 2.44. The number of hydrogen-bond donors (Lipinski definition) is 1. The van der Waals surface area contributed by atoms with Gasteiger partial charge < -0.3 is 9.88 Å². The van der Waals surface area contributed by atoms with Crippen LogP contribution < -0.4 is 5.56 Å². The van der Waals surface area contributed by atoms with Crippen molar-refractivity contribution in [1.82, 2.24) is 9.88 Å².